The Balaban J connectivity index is 2.12. The minimum absolute atomic E-state index is 0.603. The number of aromatic amines is 1. The van der Waals surface area contributed by atoms with Crippen molar-refractivity contribution < 1.29 is 0 Å². The van der Waals surface area contributed by atoms with Crippen LogP contribution in [0.15, 0.2) is 54.6 Å². The summed E-state index contributed by atoms with van der Waals surface area (Å²) in [5, 5.41) is 0.650. The van der Waals surface area contributed by atoms with Gasteiger partial charge >= 0.3 is 0 Å². The highest BCUT2D eigenvalue weighted by Crippen LogP contribution is 2.26. The third-order valence-corrected chi connectivity index (χ3v) is 3.84. The van der Waals surface area contributed by atoms with Crippen LogP contribution in [0.5, 0.6) is 0 Å². The van der Waals surface area contributed by atoms with E-state index in [0.717, 1.165) is 22.6 Å². The fourth-order valence-electron chi connectivity index (χ4n) is 2.27. The Morgan fingerprint density at radius 2 is 1.71 bits per heavy atom. The number of nitrogens with zero attached hydrogens (tertiary/aromatic N) is 1. The summed E-state index contributed by atoms with van der Waals surface area (Å²) < 4.78 is 2.45. The fourth-order valence-corrected chi connectivity index (χ4v) is 2.73. The Morgan fingerprint density at radius 3 is 2.43 bits per heavy atom. The van der Waals surface area contributed by atoms with Gasteiger partial charge in [-0.15, -0.1) is 0 Å². The van der Waals surface area contributed by atoms with E-state index in [-0.39, 0.29) is 0 Å². The number of hydrogen-bond acceptors (Lipinski definition) is 2. The minimum Gasteiger partial charge on any atom is -0.333 e. The van der Waals surface area contributed by atoms with Crippen molar-refractivity contribution in [1.82, 2.24) is 9.66 Å². The predicted molar refractivity (Wildman–Crippen MR) is 90.3 cm³/mol. The highest BCUT2D eigenvalue weighted by molar-refractivity contribution is 7.71. The largest absolute Gasteiger partial charge is 0.333 e. The lowest BCUT2D eigenvalue weighted by molar-refractivity contribution is 0.942. The van der Waals surface area contributed by atoms with Gasteiger partial charge in [0, 0.05) is 11.3 Å². The molecule has 3 aromatic rings. The van der Waals surface area contributed by atoms with Crippen LogP contribution in [0.4, 0.5) is 5.69 Å². The Labute approximate surface area is 133 Å². The maximum Gasteiger partial charge on any atom is 0.197 e. The molecule has 0 spiro atoms. The van der Waals surface area contributed by atoms with Crippen molar-refractivity contribution in [2.45, 2.75) is 6.92 Å². The van der Waals surface area contributed by atoms with E-state index >= 15 is 0 Å². The number of imidazole rings is 1. The van der Waals surface area contributed by atoms with Gasteiger partial charge in [-0.3, -0.25) is 5.43 Å². The number of para-hydroxylation sites is 1. The Kier molecular flexibility index (Phi) is 3.82. The first kappa shape index (κ1) is 13.9. The van der Waals surface area contributed by atoms with Crippen LogP contribution in [-0.2, 0) is 0 Å². The third-order valence-electron chi connectivity index (χ3n) is 3.23. The third kappa shape index (κ3) is 2.73. The van der Waals surface area contributed by atoms with E-state index in [1.54, 1.807) is 0 Å². The monoisotopic (exact) mass is 315 g/mol. The second kappa shape index (κ2) is 5.76. The lowest BCUT2D eigenvalue weighted by Gasteiger charge is -2.13. The summed E-state index contributed by atoms with van der Waals surface area (Å²) in [5.74, 6) is 0. The SMILES string of the molecule is Cc1[nH]c(=S)n(Nc2ccccc2Cl)c1-c1ccccc1. The average Bonchev–Trinajstić information content (AvgIpc) is 2.76. The molecule has 0 amide bonds. The lowest BCUT2D eigenvalue weighted by atomic mass is 10.1. The number of aryl methyl sites for hydroxylation is 1. The highest BCUT2D eigenvalue weighted by Gasteiger charge is 2.12. The van der Waals surface area contributed by atoms with Crippen molar-refractivity contribution in [2.75, 3.05) is 5.43 Å². The van der Waals surface area contributed by atoms with Crippen LogP contribution in [0, 0.1) is 11.7 Å². The molecule has 0 aliphatic heterocycles. The van der Waals surface area contributed by atoms with Gasteiger partial charge < -0.3 is 4.98 Å². The predicted octanol–water partition coefficient (Wildman–Crippen LogP) is 5.05. The summed E-state index contributed by atoms with van der Waals surface area (Å²) >= 11 is 11.6. The highest BCUT2D eigenvalue weighted by atomic mass is 35.5. The molecular formula is C16H14ClN3S. The van der Waals surface area contributed by atoms with Gasteiger partial charge in [0.2, 0.25) is 0 Å². The van der Waals surface area contributed by atoms with E-state index in [9.17, 15) is 0 Å². The molecule has 0 saturated heterocycles. The zero-order valence-corrected chi connectivity index (χ0v) is 13.0. The smallest absolute Gasteiger partial charge is 0.197 e. The second-order valence-corrected chi connectivity index (χ2v) is 5.49. The Morgan fingerprint density at radius 1 is 1.05 bits per heavy atom. The van der Waals surface area contributed by atoms with E-state index in [0.29, 0.717) is 9.79 Å². The minimum atomic E-state index is 0.603. The van der Waals surface area contributed by atoms with Crippen LogP contribution >= 0.6 is 23.8 Å². The van der Waals surface area contributed by atoms with E-state index < -0.39 is 0 Å². The Bertz CT molecular complexity index is 821. The zero-order chi connectivity index (χ0) is 14.8. The zero-order valence-electron chi connectivity index (χ0n) is 11.4. The van der Waals surface area contributed by atoms with Gasteiger partial charge in [0.25, 0.3) is 0 Å². The maximum absolute atomic E-state index is 6.21. The normalized spacial score (nSPS) is 10.6. The number of nitrogens with one attached hydrogen (secondary N) is 2. The first-order chi connectivity index (χ1) is 10.2. The van der Waals surface area contributed by atoms with Gasteiger partial charge in [0.05, 0.1) is 16.4 Å². The van der Waals surface area contributed by atoms with Gasteiger partial charge in [0.15, 0.2) is 4.77 Å². The van der Waals surface area contributed by atoms with E-state index in [1.165, 1.54) is 0 Å². The van der Waals surface area contributed by atoms with Gasteiger partial charge in [0.1, 0.15) is 0 Å². The van der Waals surface area contributed by atoms with Crippen molar-refractivity contribution in [3.05, 3.63) is 70.1 Å². The number of halogens is 1. The van der Waals surface area contributed by atoms with Crippen LogP contribution in [0.25, 0.3) is 11.3 Å². The van der Waals surface area contributed by atoms with Crippen LogP contribution in [0.1, 0.15) is 5.69 Å². The van der Waals surface area contributed by atoms with Crippen molar-refractivity contribution >= 4 is 29.5 Å². The van der Waals surface area contributed by atoms with Gasteiger partial charge in [-0.05, 0) is 31.3 Å². The quantitative estimate of drug-likeness (QED) is 0.663. The molecular weight excluding hydrogens is 302 g/mol. The molecule has 0 bridgehead atoms. The lowest BCUT2D eigenvalue weighted by Crippen LogP contribution is -2.11. The summed E-state index contributed by atoms with van der Waals surface area (Å²) in [6, 6.07) is 17.7. The molecule has 1 aromatic heterocycles. The first-order valence-electron chi connectivity index (χ1n) is 6.55. The molecule has 1 heterocycles. The molecule has 3 rings (SSSR count). The summed E-state index contributed by atoms with van der Waals surface area (Å²) in [6.45, 7) is 2.00. The molecule has 0 aliphatic rings. The number of hydrogen-bond donors (Lipinski definition) is 2. The topological polar surface area (TPSA) is 32.8 Å². The number of benzene rings is 2. The van der Waals surface area contributed by atoms with Crippen LogP contribution in [0.2, 0.25) is 5.02 Å². The summed E-state index contributed by atoms with van der Waals surface area (Å²) in [7, 11) is 0. The van der Waals surface area contributed by atoms with Crippen molar-refractivity contribution in [3.8, 4) is 11.3 Å². The van der Waals surface area contributed by atoms with Crippen molar-refractivity contribution in [1.29, 1.82) is 0 Å². The van der Waals surface area contributed by atoms with E-state index in [2.05, 4.69) is 22.5 Å². The molecule has 2 N–H and O–H groups in total. The van der Waals surface area contributed by atoms with Gasteiger partial charge in [-0.25, -0.2) is 4.68 Å². The molecule has 21 heavy (non-hydrogen) atoms. The first-order valence-corrected chi connectivity index (χ1v) is 7.34. The van der Waals surface area contributed by atoms with E-state index in [1.807, 2.05) is 54.1 Å². The van der Waals surface area contributed by atoms with Gasteiger partial charge in [-0.1, -0.05) is 54.1 Å². The van der Waals surface area contributed by atoms with Crippen LogP contribution in [0.3, 0.4) is 0 Å². The van der Waals surface area contributed by atoms with Crippen molar-refractivity contribution in [2.24, 2.45) is 0 Å². The molecule has 3 nitrogen and oxygen atoms in total. The summed E-state index contributed by atoms with van der Waals surface area (Å²) in [4.78, 5) is 3.19. The summed E-state index contributed by atoms with van der Waals surface area (Å²) in [6.07, 6.45) is 0. The standard InChI is InChI=1S/C16H14ClN3S/c1-11-15(12-7-3-2-4-8-12)20(16(21)18-11)19-14-10-6-5-9-13(14)17/h2-10,19H,1H3,(H,18,21). The molecule has 2 aromatic carbocycles. The number of aromatic nitrogens is 2. The molecule has 0 radical (unpaired) electrons. The molecule has 0 atom stereocenters. The maximum atomic E-state index is 6.21. The van der Waals surface area contributed by atoms with E-state index in [4.69, 9.17) is 23.8 Å². The summed E-state index contributed by atoms with van der Waals surface area (Å²) in [5.41, 5.74) is 7.18. The van der Waals surface area contributed by atoms with Gasteiger partial charge in [-0.2, -0.15) is 0 Å². The average molecular weight is 316 g/mol. The molecule has 0 fully saturated rings. The molecule has 0 unspecified atom stereocenters. The number of rotatable bonds is 3. The number of anilines is 1. The second-order valence-electron chi connectivity index (χ2n) is 4.70. The molecule has 5 heteroatoms. The van der Waals surface area contributed by atoms with Crippen LogP contribution in [-0.4, -0.2) is 9.66 Å². The fraction of sp³-hybridized carbons (Fsp3) is 0.0625. The van der Waals surface area contributed by atoms with Crippen LogP contribution < -0.4 is 5.43 Å². The van der Waals surface area contributed by atoms with Crippen molar-refractivity contribution in [3.63, 3.8) is 0 Å². The molecule has 106 valence electrons. The molecule has 0 saturated carbocycles. The molecule has 0 aliphatic carbocycles. The number of H-pyrrole nitrogens is 1. The Hall–Kier alpha value is -2.04.